The Morgan fingerprint density at radius 1 is 1.12 bits per heavy atom. The summed E-state index contributed by atoms with van der Waals surface area (Å²) in [5.74, 6) is -1.92. The molecular formula is C18H22N2O6. The van der Waals surface area contributed by atoms with Gasteiger partial charge >= 0.3 is 12.1 Å². The van der Waals surface area contributed by atoms with Gasteiger partial charge in [-0.15, -0.1) is 5.06 Å². The number of alkyl carbamates (subject to hydrolysis) is 1. The van der Waals surface area contributed by atoms with E-state index in [9.17, 15) is 19.2 Å². The van der Waals surface area contributed by atoms with Crippen molar-refractivity contribution in [3.63, 3.8) is 0 Å². The van der Waals surface area contributed by atoms with Crippen molar-refractivity contribution < 1.29 is 28.8 Å². The maximum Gasteiger partial charge on any atom is 0.408 e. The third-order valence-corrected chi connectivity index (χ3v) is 3.46. The lowest BCUT2D eigenvalue weighted by Crippen LogP contribution is -2.37. The van der Waals surface area contributed by atoms with Gasteiger partial charge in [-0.1, -0.05) is 30.3 Å². The number of rotatable bonds is 5. The summed E-state index contributed by atoms with van der Waals surface area (Å²) in [6.45, 7) is 5.18. The first kappa shape index (κ1) is 19.4. The zero-order valence-corrected chi connectivity index (χ0v) is 15.0. The second kappa shape index (κ2) is 7.99. The van der Waals surface area contributed by atoms with Crippen molar-refractivity contribution in [3.05, 3.63) is 35.9 Å². The molecule has 1 aromatic rings. The number of hydroxylamine groups is 2. The van der Waals surface area contributed by atoms with Crippen LogP contribution in [0.5, 0.6) is 0 Å². The van der Waals surface area contributed by atoms with E-state index in [2.05, 4.69) is 5.32 Å². The number of hydrogen-bond donors (Lipinski definition) is 1. The average molecular weight is 362 g/mol. The summed E-state index contributed by atoms with van der Waals surface area (Å²) in [6, 6.07) is 8.07. The number of imide groups is 1. The van der Waals surface area contributed by atoms with Gasteiger partial charge in [0.05, 0.1) is 12.5 Å². The molecule has 2 rings (SSSR count). The van der Waals surface area contributed by atoms with Gasteiger partial charge in [0.1, 0.15) is 5.60 Å². The Balaban J connectivity index is 2.06. The van der Waals surface area contributed by atoms with E-state index in [0.717, 1.165) is 0 Å². The molecule has 1 atom stereocenters. The van der Waals surface area contributed by atoms with E-state index in [1.54, 1.807) is 51.1 Å². The van der Waals surface area contributed by atoms with Gasteiger partial charge in [-0.05, 0) is 26.3 Å². The SMILES string of the molecule is CC(C)(C)OC(=O)NC(CC(=O)ON1C(=O)CCC1=O)c1ccccc1. The fraction of sp³-hybridized carbons (Fsp3) is 0.444. The summed E-state index contributed by atoms with van der Waals surface area (Å²) in [5, 5.41) is 3.10. The van der Waals surface area contributed by atoms with Crippen LogP contribution in [0.15, 0.2) is 30.3 Å². The highest BCUT2D eigenvalue weighted by Gasteiger charge is 2.33. The fourth-order valence-electron chi connectivity index (χ4n) is 2.35. The third kappa shape index (κ3) is 5.58. The van der Waals surface area contributed by atoms with E-state index in [1.807, 2.05) is 0 Å². The molecule has 0 saturated carbocycles. The maximum absolute atomic E-state index is 12.2. The van der Waals surface area contributed by atoms with Gasteiger partial charge in [0.15, 0.2) is 0 Å². The first-order valence-corrected chi connectivity index (χ1v) is 8.27. The normalized spacial score (nSPS) is 15.6. The van der Waals surface area contributed by atoms with Crippen molar-refractivity contribution in [2.75, 3.05) is 0 Å². The van der Waals surface area contributed by atoms with Gasteiger partial charge in [0, 0.05) is 12.8 Å². The molecule has 1 heterocycles. The lowest BCUT2D eigenvalue weighted by Gasteiger charge is -2.24. The Bertz CT molecular complexity index is 679. The highest BCUT2D eigenvalue weighted by molar-refractivity contribution is 6.01. The van der Waals surface area contributed by atoms with Crippen molar-refractivity contribution in [1.29, 1.82) is 0 Å². The molecule has 8 heteroatoms. The zero-order chi connectivity index (χ0) is 19.3. The van der Waals surface area contributed by atoms with Crippen molar-refractivity contribution in [3.8, 4) is 0 Å². The number of nitrogens with one attached hydrogen (secondary N) is 1. The van der Waals surface area contributed by atoms with Crippen LogP contribution in [0.1, 0.15) is 51.6 Å². The van der Waals surface area contributed by atoms with Crippen LogP contribution in [0, 0.1) is 0 Å². The number of benzene rings is 1. The number of ether oxygens (including phenoxy) is 1. The van der Waals surface area contributed by atoms with Crippen molar-refractivity contribution in [2.45, 2.75) is 51.7 Å². The van der Waals surface area contributed by atoms with E-state index in [0.29, 0.717) is 10.6 Å². The molecule has 0 radical (unpaired) electrons. The molecule has 140 valence electrons. The van der Waals surface area contributed by atoms with Crippen LogP contribution >= 0.6 is 0 Å². The molecule has 1 aromatic carbocycles. The highest BCUT2D eigenvalue weighted by atomic mass is 16.7. The van der Waals surface area contributed by atoms with Gasteiger partial charge in [-0.25, -0.2) is 9.59 Å². The van der Waals surface area contributed by atoms with Crippen LogP contribution < -0.4 is 5.32 Å². The van der Waals surface area contributed by atoms with E-state index in [4.69, 9.17) is 9.57 Å². The minimum Gasteiger partial charge on any atom is -0.444 e. The van der Waals surface area contributed by atoms with Crippen LogP contribution in [0.25, 0.3) is 0 Å². The second-order valence-electron chi connectivity index (χ2n) is 6.86. The lowest BCUT2D eigenvalue weighted by atomic mass is 10.0. The summed E-state index contributed by atoms with van der Waals surface area (Å²) in [6.07, 6.45) is -0.915. The molecule has 1 fully saturated rings. The molecule has 26 heavy (non-hydrogen) atoms. The van der Waals surface area contributed by atoms with Crippen molar-refractivity contribution in [1.82, 2.24) is 10.4 Å². The van der Waals surface area contributed by atoms with Gasteiger partial charge in [0.2, 0.25) is 0 Å². The highest BCUT2D eigenvalue weighted by Crippen LogP contribution is 2.20. The minimum atomic E-state index is -0.807. The van der Waals surface area contributed by atoms with Crippen LogP contribution in [-0.2, 0) is 24.0 Å². The molecule has 0 spiro atoms. The summed E-state index contributed by atoms with van der Waals surface area (Å²) in [4.78, 5) is 52.2. The molecular weight excluding hydrogens is 340 g/mol. The summed E-state index contributed by atoms with van der Waals surface area (Å²) in [7, 11) is 0. The van der Waals surface area contributed by atoms with E-state index < -0.39 is 35.5 Å². The number of nitrogens with zero attached hydrogens (tertiary/aromatic N) is 1. The van der Waals surface area contributed by atoms with Gasteiger partial charge in [0.25, 0.3) is 11.8 Å². The number of carbonyl (C=O) groups excluding carboxylic acids is 4. The third-order valence-electron chi connectivity index (χ3n) is 3.46. The maximum atomic E-state index is 12.2. The molecule has 0 aromatic heterocycles. The summed E-state index contributed by atoms with van der Waals surface area (Å²) in [5.41, 5.74) is -0.0328. The first-order chi connectivity index (χ1) is 12.2. The van der Waals surface area contributed by atoms with Gasteiger partial charge < -0.3 is 14.9 Å². The molecule has 1 unspecified atom stereocenters. The van der Waals surface area contributed by atoms with Gasteiger partial charge in [-0.2, -0.15) is 0 Å². The monoisotopic (exact) mass is 362 g/mol. The van der Waals surface area contributed by atoms with Crippen molar-refractivity contribution in [2.24, 2.45) is 0 Å². The molecule has 1 aliphatic heterocycles. The summed E-state index contributed by atoms with van der Waals surface area (Å²) >= 11 is 0. The first-order valence-electron chi connectivity index (χ1n) is 8.27. The Labute approximate surface area is 151 Å². The Morgan fingerprint density at radius 3 is 2.23 bits per heavy atom. The minimum absolute atomic E-state index is 0.0182. The Hall–Kier alpha value is -2.90. The standard InChI is InChI=1S/C18H22N2O6/c1-18(2,3)25-17(24)19-13(12-7-5-4-6-8-12)11-16(23)26-20-14(21)9-10-15(20)22/h4-8,13H,9-11H2,1-3H3,(H,19,24). The average Bonchev–Trinajstić information content (AvgIpc) is 2.85. The Morgan fingerprint density at radius 2 is 1.69 bits per heavy atom. The largest absolute Gasteiger partial charge is 0.444 e. The van der Waals surface area contributed by atoms with Crippen LogP contribution in [0.4, 0.5) is 4.79 Å². The fourth-order valence-corrected chi connectivity index (χ4v) is 2.35. The molecule has 1 aliphatic rings. The van der Waals surface area contributed by atoms with Crippen LogP contribution in [0.3, 0.4) is 0 Å². The molecule has 3 amide bonds. The lowest BCUT2D eigenvalue weighted by molar-refractivity contribution is -0.197. The van der Waals surface area contributed by atoms with E-state index >= 15 is 0 Å². The van der Waals surface area contributed by atoms with E-state index in [-0.39, 0.29) is 19.3 Å². The van der Waals surface area contributed by atoms with Gasteiger partial charge in [-0.3, -0.25) is 9.59 Å². The quantitative estimate of drug-likeness (QED) is 0.806. The Kier molecular flexibility index (Phi) is 5.97. The van der Waals surface area contributed by atoms with Crippen LogP contribution in [-0.4, -0.2) is 34.5 Å². The summed E-state index contributed by atoms with van der Waals surface area (Å²) < 4.78 is 5.22. The molecule has 0 aliphatic carbocycles. The molecule has 1 saturated heterocycles. The second-order valence-corrected chi connectivity index (χ2v) is 6.86. The topological polar surface area (TPSA) is 102 Å². The molecule has 1 N–H and O–H groups in total. The smallest absolute Gasteiger partial charge is 0.408 e. The number of amides is 3. The predicted octanol–water partition coefficient (Wildman–Crippen LogP) is 2.25. The zero-order valence-electron chi connectivity index (χ0n) is 15.0. The predicted molar refractivity (Wildman–Crippen MR) is 90.3 cm³/mol. The van der Waals surface area contributed by atoms with Crippen LogP contribution in [0.2, 0.25) is 0 Å². The molecule has 0 bridgehead atoms. The van der Waals surface area contributed by atoms with E-state index in [1.165, 1.54) is 0 Å². The number of hydrogen-bond acceptors (Lipinski definition) is 6. The molecule has 8 nitrogen and oxygen atoms in total. The van der Waals surface area contributed by atoms with Crippen molar-refractivity contribution >= 4 is 23.9 Å². The number of carbonyl (C=O) groups is 4.